The van der Waals surface area contributed by atoms with E-state index in [1.165, 1.54) is 0 Å². The normalized spacial score (nSPS) is 15.7. The minimum absolute atomic E-state index is 0.533. The maximum absolute atomic E-state index is 12.3. The molecule has 0 spiro atoms. The van der Waals surface area contributed by atoms with Crippen molar-refractivity contribution in [2.75, 3.05) is 0 Å². The minimum Gasteiger partial charge on any atom is -0.480 e. The van der Waals surface area contributed by atoms with Crippen molar-refractivity contribution < 1.29 is 31.5 Å². The Balaban J connectivity index is 3.14. The Labute approximate surface area is 112 Å². The molecule has 0 aromatic heterocycles. The first kappa shape index (κ1) is 16.4. The summed E-state index contributed by atoms with van der Waals surface area (Å²) in [4.78, 5) is 10.1. The van der Waals surface area contributed by atoms with E-state index >= 15 is 0 Å². The summed E-state index contributed by atoms with van der Waals surface area (Å²) in [5.74, 6) is -1.63. The lowest BCUT2D eigenvalue weighted by atomic mass is 10.2. The summed E-state index contributed by atoms with van der Waals surface area (Å²) in [5.41, 5.74) is 9.30. The summed E-state index contributed by atoms with van der Waals surface area (Å²) < 4.78 is 60.8. The van der Waals surface area contributed by atoms with Crippen LogP contribution in [0.3, 0.4) is 0 Å². The van der Waals surface area contributed by atoms with Gasteiger partial charge in [-0.3, -0.25) is 4.79 Å². The van der Waals surface area contributed by atoms with Crippen LogP contribution in [0.2, 0.25) is 0 Å². The lowest BCUT2D eigenvalue weighted by Gasteiger charge is -2.17. The third-order valence-electron chi connectivity index (χ3n) is 2.51. The molecule has 10 heteroatoms. The van der Waals surface area contributed by atoms with E-state index in [0.29, 0.717) is 24.3 Å². The summed E-state index contributed by atoms with van der Waals surface area (Å²) in [6.45, 7) is 0. The lowest BCUT2D eigenvalue weighted by Crippen LogP contribution is -2.51. The highest BCUT2D eigenvalue weighted by Crippen LogP contribution is 2.30. The van der Waals surface area contributed by atoms with Crippen molar-refractivity contribution in [1.29, 1.82) is 0 Å². The molecule has 5 N–H and O–H groups in total. The van der Waals surface area contributed by atoms with Crippen LogP contribution in [0.5, 0.6) is 0 Å². The summed E-state index contributed by atoms with van der Waals surface area (Å²) >= 11 is 0. The maximum atomic E-state index is 12.3. The van der Waals surface area contributed by atoms with E-state index in [1.807, 2.05) is 0 Å². The fourth-order valence-corrected chi connectivity index (χ4v) is 2.66. The molecule has 0 aliphatic carbocycles. The molecule has 0 radical (unpaired) electrons. The molecule has 0 fully saturated rings. The second-order valence-electron chi connectivity index (χ2n) is 3.90. The largest absolute Gasteiger partial charge is 0.480 e. The smallest absolute Gasteiger partial charge is 0.416 e. The molecule has 2 atom stereocenters. The topological polar surface area (TPSA) is 123 Å². The molecule has 0 aliphatic heterocycles. The average Bonchev–Trinajstić information content (AvgIpc) is 2.35. The van der Waals surface area contributed by atoms with Gasteiger partial charge in [-0.15, -0.1) is 0 Å². The Kier molecular flexibility index (Phi) is 4.42. The third-order valence-corrected chi connectivity index (χ3v) is 4.45. The molecule has 0 heterocycles. The molecule has 0 saturated carbocycles. The number of carbonyl (C=O) groups is 1. The predicted octanol–water partition coefficient (Wildman–Crippen LogP) is 0.176. The van der Waals surface area contributed by atoms with Gasteiger partial charge >= 0.3 is 12.1 Å². The standard InChI is InChI=1S/C10H11F3N2O4S/c11-10(12,13)5-1-3-6(4-2-5)20(18,19)8(15)7(14)9(16)17/h1-4,7-8H,14-15H2,(H,16,17). The molecular formula is C10H11F3N2O4S. The zero-order valence-electron chi connectivity index (χ0n) is 9.83. The van der Waals surface area contributed by atoms with E-state index in [2.05, 4.69) is 0 Å². The first-order valence-electron chi connectivity index (χ1n) is 5.13. The van der Waals surface area contributed by atoms with Gasteiger partial charge in [-0.25, -0.2) is 8.42 Å². The molecule has 112 valence electrons. The van der Waals surface area contributed by atoms with Gasteiger partial charge in [-0.2, -0.15) is 13.2 Å². The van der Waals surface area contributed by atoms with Crippen LogP contribution in [0.25, 0.3) is 0 Å². The number of hydrogen-bond donors (Lipinski definition) is 3. The van der Waals surface area contributed by atoms with E-state index in [-0.39, 0.29) is 0 Å². The lowest BCUT2D eigenvalue weighted by molar-refractivity contribution is -0.139. The molecular weight excluding hydrogens is 301 g/mol. The SMILES string of the molecule is NC(C(=O)O)C(N)S(=O)(=O)c1ccc(C(F)(F)F)cc1. The van der Waals surface area contributed by atoms with Crippen molar-refractivity contribution >= 4 is 15.8 Å². The monoisotopic (exact) mass is 312 g/mol. The van der Waals surface area contributed by atoms with Crippen molar-refractivity contribution in [3.8, 4) is 0 Å². The van der Waals surface area contributed by atoms with Gasteiger partial charge in [0.25, 0.3) is 0 Å². The average molecular weight is 312 g/mol. The molecule has 1 aromatic rings. The van der Waals surface area contributed by atoms with Crippen LogP contribution >= 0.6 is 0 Å². The van der Waals surface area contributed by atoms with Crippen LogP contribution in [0, 0.1) is 0 Å². The van der Waals surface area contributed by atoms with E-state index in [0.717, 1.165) is 0 Å². The van der Waals surface area contributed by atoms with Crippen molar-refractivity contribution in [2.24, 2.45) is 11.5 Å². The number of alkyl halides is 3. The Morgan fingerprint density at radius 2 is 1.60 bits per heavy atom. The number of aliphatic carboxylic acids is 1. The highest BCUT2D eigenvalue weighted by Gasteiger charge is 2.35. The molecule has 0 saturated heterocycles. The van der Waals surface area contributed by atoms with Gasteiger partial charge in [-0.05, 0) is 24.3 Å². The molecule has 0 aliphatic rings. The number of hydrogen-bond acceptors (Lipinski definition) is 5. The summed E-state index contributed by atoms with van der Waals surface area (Å²) in [6.07, 6.45) is -4.61. The predicted molar refractivity (Wildman–Crippen MR) is 62.2 cm³/mol. The third kappa shape index (κ3) is 3.26. The van der Waals surface area contributed by atoms with Crippen molar-refractivity contribution in [1.82, 2.24) is 0 Å². The van der Waals surface area contributed by atoms with Crippen LogP contribution in [-0.2, 0) is 20.8 Å². The van der Waals surface area contributed by atoms with Gasteiger partial charge in [0, 0.05) is 0 Å². The Morgan fingerprint density at radius 1 is 1.15 bits per heavy atom. The molecule has 1 rings (SSSR count). The van der Waals surface area contributed by atoms with Gasteiger partial charge in [0.15, 0.2) is 9.84 Å². The van der Waals surface area contributed by atoms with Gasteiger partial charge in [0.05, 0.1) is 10.5 Å². The van der Waals surface area contributed by atoms with Gasteiger partial charge < -0.3 is 16.6 Å². The summed E-state index contributed by atoms with van der Waals surface area (Å²) in [5, 5.41) is 6.63. The van der Waals surface area contributed by atoms with Gasteiger partial charge in [0.1, 0.15) is 11.4 Å². The highest BCUT2D eigenvalue weighted by molar-refractivity contribution is 7.92. The molecule has 0 amide bonds. The number of halogens is 3. The molecule has 6 nitrogen and oxygen atoms in total. The van der Waals surface area contributed by atoms with Crippen molar-refractivity contribution in [3.63, 3.8) is 0 Å². The fourth-order valence-electron chi connectivity index (χ4n) is 1.32. The van der Waals surface area contributed by atoms with Crippen molar-refractivity contribution in [2.45, 2.75) is 22.5 Å². The van der Waals surface area contributed by atoms with Crippen LogP contribution in [0.1, 0.15) is 5.56 Å². The van der Waals surface area contributed by atoms with Crippen LogP contribution < -0.4 is 11.5 Å². The summed E-state index contributed by atoms with van der Waals surface area (Å²) in [6, 6.07) is 0.638. The van der Waals surface area contributed by atoms with Crippen LogP contribution in [0.4, 0.5) is 13.2 Å². The number of rotatable bonds is 4. The quantitative estimate of drug-likeness (QED) is 0.728. The number of nitrogens with two attached hydrogens (primary N) is 2. The zero-order chi connectivity index (χ0) is 15.7. The number of carboxylic acid groups (broad SMARTS) is 1. The van der Waals surface area contributed by atoms with Gasteiger partial charge in [0.2, 0.25) is 0 Å². The number of benzene rings is 1. The van der Waals surface area contributed by atoms with E-state index in [9.17, 15) is 26.4 Å². The Morgan fingerprint density at radius 3 is 1.95 bits per heavy atom. The van der Waals surface area contributed by atoms with E-state index in [1.54, 1.807) is 0 Å². The summed E-state index contributed by atoms with van der Waals surface area (Å²) in [7, 11) is -4.34. The van der Waals surface area contributed by atoms with Gasteiger partial charge in [-0.1, -0.05) is 0 Å². The second-order valence-corrected chi connectivity index (χ2v) is 6.00. The van der Waals surface area contributed by atoms with Crippen LogP contribution in [-0.4, -0.2) is 30.9 Å². The van der Waals surface area contributed by atoms with Crippen molar-refractivity contribution in [3.05, 3.63) is 29.8 Å². The second kappa shape index (κ2) is 5.38. The fraction of sp³-hybridized carbons (Fsp3) is 0.300. The highest BCUT2D eigenvalue weighted by atomic mass is 32.2. The maximum Gasteiger partial charge on any atom is 0.416 e. The van der Waals surface area contributed by atoms with E-state index < -0.39 is 43.9 Å². The van der Waals surface area contributed by atoms with Crippen LogP contribution in [0.15, 0.2) is 29.2 Å². The Hall–Kier alpha value is -1.65. The molecule has 20 heavy (non-hydrogen) atoms. The zero-order valence-corrected chi connectivity index (χ0v) is 10.6. The first-order valence-corrected chi connectivity index (χ1v) is 6.67. The number of sulfone groups is 1. The minimum atomic E-state index is -4.61. The number of carboxylic acids is 1. The van der Waals surface area contributed by atoms with E-state index in [4.69, 9.17) is 16.6 Å². The molecule has 2 unspecified atom stereocenters. The Bertz CT molecular complexity index is 598. The molecule has 1 aromatic carbocycles. The first-order chi connectivity index (χ1) is 8.98. The molecule has 0 bridgehead atoms.